The Bertz CT molecular complexity index is 475. The summed E-state index contributed by atoms with van der Waals surface area (Å²) in [4.78, 5) is 37.3. The van der Waals surface area contributed by atoms with E-state index in [1.54, 1.807) is 0 Å². The van der Waals surface area contributed by atoms with Crippen LogP contribution >= 0.6 is 11.6 Å². The van der Waals surface area contributed by atoms with Crippen molar-refractivity contribution in [2.75, 3.05) is 13.1 Å². The monoisotopic (exact) mass is 272 g/mol. The van der Waals surface area contributed by atoms with Gasteiger partial charge in [0.25, 0.3) is 5.91 Å². The Morgan fingerprint density at radius 1 is 1.22 bits per heavy atom. The number of carboxylic acids is 2. The lowest BCUT2D eigenvalue weighted by atomic mass is 10.3. The standard InChI is InChI=1S/C10H9ClN2O5/c11-6-1-2-12-7(3-6)10(18)13(4-8(14)15)5-9(16)17/h1-3H,4-5H2,(H,14,15)(H,16,17). The molecule has 2 N–H and O–H groups in total. The second-order valence-corrected chi connectivity index (χ2v) is 3.74. The van der Waals surface area contributed by atoms with Crippen molar-refractivity contribution in [3.05, 3.63) is 29.0 Å². The van der Waals surface area contributed by atoms with Crippen molar-refractivity contribution in [1.82, 2.24) is 9.88 Å². The first kappa shape index (κ1) is 13.9. The molecule has 0 aliphatic heterocycles. The predicted molar refractivity (Wildman–Crippen MR) is 60.4 cm³/mol. The van der Waals surface area contributed by atoms with Crippen LogP contribution in [0.15, 0.2) is 18.3 Å². The highest BCUT2D eigenvalue weighted by molar-refractivity contribution is 6.30. The van der Waals surface area contributed by atoms with Crippen LogP contribution in [0.2, 0.25) is 5.02 Å². The molecule has 7 nitrogen and oxygen atoms in total. The van der Waals surface area contributed by atoms with Crippen molar-refractivity contribution in [2.45, 2.75) is 0 Å². The van der Waals surface area contributed by atoms with Crippen LogP contribution in [0.3, 0.4) is 0 Å². The Hall–Kier alpha value is -2.15. The molecule has 1 rings (SSSR count). The molecule has 0 fully saturated rings. The van der Waals surface area contributed by atoms with Crippen molar-refractivity contribution >= 4 is 29.4 Å². The lowest BCUT2D eigenvalue weighted by Gasteiger charge is -2.17. The van der Waals surface area contributed by atoms with Gasteiger partial charge in [0.2, 0.25) is 0 Å². The van der Waals surface area contributed by atoms with Crippen molar-refractivity contribution in [3.8, 4) is 0 Å². The molecule has 8 heteroatoms. The van der Waals surface area contributed by atoms with Gasteiger partial charge in [-0.1, -0.05) is 11.6 Å². The van der Waals surface area contributed by atoms with Crippen LogP contribution in [-0.2, 0) is 9.59 Å². The molecule has 96 valence electrons. The molecule has 0 aliphatic rings. The molecule has 0 aromatic carbocycles. The van der Waals surface area contributed by atoms with Crippen LogP contribution in [0.1, 0.15) is 10.5 Å². The van der Waals surface area contributed by atoms with Crippen molar-refractivity contribution in [3.63, 3.8) is 0 Å². The number of hydrogen-bond acceptors (Lipinski definition) is 4. The normalized spacial score (nSPS) is 9.83. The van der Waals surface area contributed by atoms with Gasteiger partial charge in [0, 0.05) is 11.2 Å². The minimum absolute atomic E-state index is 0.106. The second-order valence-electron chi connectivity index (χ2n) is 3.31. The third-order valence-electron chi connectivity index (χ3n) is 1.88. The van der Waals surface area contributed by atoms with E-state index in [0.717, 1.165) is 0 Å². The van der Waals surface area contributed by atoms with E-state index in [1.807, 2.05) is 0 Å². The molecular weight excluding hydrogens is 264 g/mol. The maximum atomic E-state index is 11.8. The number of carbonyl (C=O) groups excluding carboxylic acids is 1. The number of aliphatic carboxylic acids is 2. The number of carboxylic acid groups (broad SMARTS) is 2. The third-order valence-corrected chi connectivity index (χ3v) is 2.12. The Kier molecular flexibility index (Phi) is 4.61. The van der Waals surface area contributed by atoms with E-state index in [0.29, 0.717) is 4.90 Å². The fourth-order valence-electron chi connectivity index (χ4n) is 1.21. The lowest BCUT2D eigenvalue weighted by molar-refractivity contribution is -0.140. The number of nitrogens with zero attached hydrogens (tertiary/aromatic N) is 2. The van der Waals surface area contributed by atoms with Gasteiger partial charge in [-0.05, 0) is 12.1 Å². The zero-order valence-electron chi connectivity index (χ0n) is 9.04. The summed E-state index contributed by atoms with van der Waals surface area (Å²) in [5.74, 6) is -3.43. The first-order valence-corrected chi connectivity index (χ1v) is 5.12. The van der Waals surface area contributed by atoms with Gasteiger partial charge in [0.1, 0.15) is 18.8 Å². The summed E-state index contributed by atoms with van der Waals surface area (Å²) in [5, 5.41) is 17.5. The summed E-state index contributed by atoms with van der Waals surface area (Å²) in [5.41, 5.74) is -0.106. The highest BCUT2D eigenvalue weighted by Crippen LogP contribution is 2.10. The van der Waals surface area contributed by atoms with E-state index in [1.165, 1.54) is 18.3 Å². The number of rotatable bonds is 5. The molecule has 0 spiro atoms. The summed E-state index contributed by atoms with van der Waals surface area (Å²) in [6, 6.07) is 2.68. The summed E-state index contributed by atoms with van der Waals surface area (Å²) >= 11 is 5.66. The fraction of sp³-hybridized carbons (Fsp3) is 0.200. The van der Waals surface area contributed by atoms with E-state index in [9.17, 15) is 14.4 Å². The number of carbonyl (C=O) groups is 3. The van der Waals surface area contributed by atoms with Crippen LogP contribution in [0.25, 0.3) is 0 Å². The molecule has 1 heterocycles. The van der Waals surface area contributed by atoms with Crippen LogP contribution in [0.4, 0.5) is 0 Å². The van der Waals surface area contributed by atoms with Crippen molar-refractivity contribution in [2.24, 2.45) is 0 Å². The molecule has 0 aliphatic carbocycles. The first-order valence-electron chi connectivity index (χ1n) is 4.74. The molecule has 0 unspecified atom stereocenters. The highest BCUT2D eigenvalue weighted by atomic mass is 35.5. The second kappa shape index (κ2) is 5.97. The molecule has 0 bridgehead atoms. The molecule has 1 aromatic rings. The minimum Gasteiger partial charge on any atom is -0.480 e. The molecule has 1 aromatic heterocycles. The SMILES string of the molecule is O=C(O)CN(CC(=O)O)C(=O)c1cc(Cl)ccn1. The van der Waals surface area contributed by atoms with Crippen molar-refractivity contribution < 1.29 is 24.6 Å². The van der Waals surface area contributed by atoms with Crippen molar-refractivity contribution in [1.29, 1.82) is 0 Å². The van der Waals surface area contributed by atoms with Crippen LogP contribution in [0.5, 0.6) is 0 Å². The number of pyridine rings is 1. The van der Waals surface area contributed by atoms with Gasteiger partial charge in [-0.2, -0.15) is 0 Å². The largest absolute Gasteiger partial charge is 0.480 e. The predicted octanol–water partition coefficient (Wildman–Crippen LogP) is 0.346. The number of halogens is 1. The summed E-state index contributed by atoms with van der Waals surface area (Å²) in [6.45, 7) is -1.45. The first-order chi connectivity index (χ1) is 8.40. The molecule has 0 radical (unpaired) electrons. The van der Waals surface area contributed by atoms with Crippen LogP contribution < -0.4 is 0 Å². The fourth-order valence-corrected chi connectivity index (χ4v) is 1.37. The summed E-state index contributed by atoms with van der Waals surface area (Å²) in [6.07, 6.45) is 1.27. The Labute approximate surface area is 107 Å². The maximum absolute atomic E-state index is 11.8. The topological polar surface area (TPSA) is 108 Å². The van der Waals surface area contributed by atoms with E-state index in [-0.39, 0.29) is 10.7 Å². The molecule has 0 saturated carbocycles. The van der Waals surface area contributed by atoms with E-state index in [4.69, 9.17) is 21.8 Å². The van der Waals surface area contributed by atoms with Gasteiger partial charge < -0.3 is 15.1 Å². The van der Waals surface area contributed by atoms with Gasteiger partial charge in [0.05, 0.1) is 0 Å². The smallest absolute Gasteiger partial charge is 0.323 e. The molecule has 0 saturated heterocycles. The number of aromatic nitrogens is 1. The van der Waals surface area contributed by atoms with Crippen LogP contribution in [0, 0.1) is 0 Å². The van der Waals surface area contributed by atoms with Crippen LogP contribution in [-0.4, -0.2) is 51.0 Å². The Balaban J connectivity index is 2.94. The minimum atomic E-state index is -1.31. The van der Waals surface area contributed by atoms with Gasteiger partial charge in [0.15, 0.2) is 0 Å². The zero-order chi connectivity index (χ0) is 13.7. The average Bonchev–Trinajstić information content (AvgIpc) is 2.26. The van der Waals surface area contributed by atoms with Gasteiger partial charge in [-0.3, -0.25) is 19.4 Å². The van der Waals surface area contributed by atoms with Gasteiger partial charge >= 0.3 is 11.9 Å². The van der Waals surface area contributed by atoms with Gasteiger partial charge in [-0.25, -0.2) is 0 Å². The highest BCUT2D eigenvalue weighted by Gasteiger charge is 2.22. The summed E-state index contributed by atoms with van der Waals surface area (Å²) < 4.78 is 0. The van der Waals surface area contributed by atoms with E-state index < -0.39 is 30.9 Å². The quantitative estimate of drug-likeness (QED) is 0.800. The molecule has 18 heavy (non-hydrogen) atoms. The maximum Gasteiger partial charge on any atom is 0.323 e. The Morgan fingerprint density at radius 3 is 2.22 bits per heavy atom. The summed E-state index contributed by atoms with van der Waals surface area (Å²) in [7, 11) is 0. The third kappa shape index (κ3) is 4.02. The lowest BCUT2D eigenvalue weighted by Crippen LogP contribution is -2.39. The molecule has 1 amide bonds. The zero-order valence-corrected chi connectivity index (χ0v) is 9.79. The van der Waals surface area contributed by atoms with Gasteiger partial charge in [-0.15, -0.1) is 0 Å². The molecule has 0 atom stereocenters. The number of amides is 1. The molecular formula is C10H9ClN2O5. The number of hydrogen-bond donors (Lipinski definition) is 2. The van der Waals surface area contributed by atoms with E-state index >= 15 is 0 Å². The van der Waals surface area contributed by atoms with E-state index in [2.05, 4.69) is 4.98 Å². The average molecular weight is 273 g/mol. The Morgan fingerprint density at radius 2 is 1.78 bits per heavy atom.